The third-order valence-electron chi connectivity index (χ3n) is 4.00. The molecule has 1 aliphatic carbocycles. The van der Waals surface area contributed by atoms with E-state index in [-0.39, 0.29) is 6.09 Å². The van der Waals surface area contributed by atoms with Crippen LogP contribution >= 0.6 is 0 Å². The number of hydrogen-bond acceptors (Lipinski definition) is 3. The molecule has 112 valence electrons. The summed E-state index contributed by atoms with van der Waals surface area (Å²) >= 11 is 0. The molecule has 1 rings (SSSR count). The molecular formula is C15H30N2O2. The van der Waals surface area contributed by atoms with Crippen LogP contribution in [0.5, 0.6) is 0 Å². The van der Waals surface area contributed by atoms with Crippen LogP contribution in [-0.4, -0.2) is 24.8 Å². The summed E-state index contributed by atoms with van der Waals surface area (Å²) in [6.07, 6.45) is 4.54. The van der Waals surface area contributed by atoms with Gasteiger partial charge in [-0.05, 0) is 70.8 Å². The molecule has 0 radical (unpaired) electrons. The van der Waals surface area contributed by atoms with Crippen molar-refractivity contribution in [3.05, 3.63) is 0 Å². The first-order valence-electron chi connectivity index (χ1n) is 7.48. The lowest BCUT2D eigenvalue weighted by atomic mass is 9.76. The van der Waals surface area contributed by atoms with E-state index < -0.39 is 5.60 Å². The molecule has 0 aromatic heterocycles. The fourth-order valence-electron chi connectivity index (χ4n) is 2.70. The summed E-state index contributed by atoms with van der Waals surface area (Å²) < 4.78 is 5.24. The van der Waals surface area contributed by atoms with Crippen molar-refractivity contribution in [3.63, 3.8) is 0 Å². The molecule has 1 amide bonds. The van der Waals surface area contributed by atoms with Crippen LogP contribution in [0.3, 0.4) is 0 Å². The molecule has 1 atom stereocenters. The van der Waals surface area contributed by atoms with Crippen molar-refractivity contribution < 1.29 is 9.53 Å². The summed E-state index contributed by atoms with van der Waals surface area (Å²) in [6, 6.07) is 0. The Morgan fingerprint density at radius 2 is 1.89 bits per heavy atom. The Morgan fingerprint density at radius 1 is 1.32 bits per heavy atom. The minimum absolute atomic E-state index is 0.301. The highest BCUT2D eigenvalue weighted by Crippen LogP contribution is 2.32. The molecule has 4 nitrogen and oxygen atoms in total. The highest BCUT2D eigenvalue weighted by atomic mass is 16.6. The molecule has 0 saturated heterocycles. The molecule has 3 N–H and O–H groups in total. The Balaban J connectivity index is 2.21. The van der Waals surface area contributed by atoms with Crippen LogP contribution in [-0.2, 0) is 4.74 Å². The van der Waals surface area contributed by atoms with E-state index in [1.54, 1.807) is 0 Å². The van der Waals surface area contributed by atoms with Gasteiger partial charge in [-0.2, -0.15) is 0 Å². The number of nitrogens with one attached hydrogen (secondary N) is 1. The van der Waals surface area contributed by atoms with Crippen molar-refractivity contribution in [2.45, 2.75) is 59.0 Å². The molecule has 1 saturated carbocycles. The number of alkyl carbamates (subject to hydrolysis) is 1. The largest absolute Gasteiger partial charge is 0.444 e. The van der Waals surface area contributed by atoms with Crippen LogP contribution in [0.4, 0.5) is 4.79 Å². The maximum Gasteiger partial charge on any atom is 0.407 e. The summed E-state index contributed by atoms with van der Waals surface area (Å²) in [4.78, 5) is 11.6. The molecule has 1 unspecified atom stereocenters. The average Bonchev–Trinajstić information content (AvgIpc) is 2.34. The van der Waals surface area contributed by atoms with E-state index in [0.29, 0.717) is 11.8 Å². The molecule has 0 bridgehead atoms. The maximum atomic E-state index is 11.6. The van der Waals surface area contributed by atoms with Crippen LogP contribution in [0.15, 0.2) is 0 Å². The summed E-state index contributed by atoms with van der Waals surface area (Å²) in [7, 11) is 0. The molecule has 0 heterocycles. The van der Waals surface area contributed by atoms with Gasteiger partial charge >= 0.3 is 6.09 Å². The third-order valence-corrected chi connectivity index (χ3v) is 4.00. The predicted molar refractivity (Wildman–Crippen MR) is 77.9 cm³/mol. The van der Waals surface area contributed by atoms with E-state index in [0.717, 1.165) is 19.0 Å². The van der Waals surface area contributed by atoms with Crippen LogP contribution < -0.4 is 11.1 Å². The molecule has 0 aromatic carbocycles. The van der Waals surface area contributed by atoms with Crippen molar-refractivity contribution in [1.82, 2.24) is 5.32 Å². The van der Waals surface area contributed by atoms with E-state index in [1.807, 2.05) is 20.8 Å². The van der Waals surface area contributed by atoms with Gasteiger partial charge in [-0.1, -0.05) is 6.92 Å². The van der Waals surface area contributed by atoms with E-state index in [4.69, 9.17) is 10.5 Å². The standard InChI is InChI=1S/C15H30N2O2/c1-11(9-16)13-7-5-12(6-8-13)10-17-14(18)19-15(2,3)4/h11-13H,5-10,16H2,1-4H3,(H,17,18). The smallest absolute Gasteiger partial charge is 0.407 e. The van der Waals surface area contributed by atoms with Crippen molar-refractivity contribution in [2.24, 2.45) is 23.5 Å². The molecular weight excluding hydrogens is 240 g/mol. The number of ether oxygens (including phenoxy) is 1. The lowest BCUT2D eigenvalue weighted by molar-refractivity contribution is 0.0512. The van der Waals surface area contributed by atoms with Gasteiger partial charge in [-0.25, -0.2) is 4.79 Å². The second-order valence-corrected chi connectivity index (χ2v) is 6.88. The van der Waals surface area contributed by atoms with E-state index in [2.05, 4.69) is 12.2 Å². The van der Waals surface area contributed by atoms with E-state index in [1.165, 1.54) is 25.7 Å². The first kappa shape index (κ1) is 16.3. The minimum Gasteiger partial charge on any atom is -0.444 e. The van der Waals surface area contributed by atoms with Gasteiger partial charge in [0.25, 0.3) is 0 Å². The number of amides is 1. The number of carbonyl (C=O) groups is 1. The SMILES string of the molecule is CC(CN)C1CCC(CNC(=O)OC(C)(C)C)CC1. The second kappa shape index (κ2) is 7.13. The predicted octanol–water partition coefficient (Wildman–Crippen LogP) is 2.91. The Hall–Kier alpha value is -0.770. The highest BCUT2D eigenvalue weighted by molar-refractivity contribution is 5.67. The zero-order chi connectivity index (χ0) is 14.5. The molecule has 1 fully saturated rings. The molecule has 4 heteroatoms. The summed E-state index contributed by atoms with van der Waals surface area (Å²) in [6.45, 7) is 9.40. The summed E-state index contributed by atoms with van der Waals surface area (Å²) in [5, 5.41) is 2.88. The Morgan fingerprint density at radius 3 is 2.37 bits per heavy atom. The van der Waals surface area contributed by atoms with Crippen molar-refractivity contribution >= 4 is 6.09 Å². The second-order valence-electron chi connectivity index (χ2n) is 6.88. The fraction of sp³-hybridized carbons (Fsp3) is 0.933. The van der Waals surface area contributed by atoms with Crippen molar-refractivity contribution in [1.29, 1.82) is 0 Å². The first-order valence-corrected chi connectivity index (χ1v) is 7.48. The maximum absolute atomic E-state index is 11.6. The first-order chi connectivity index (χ1) is 8.81. The highest BCUT2D eigenvalue weighted by Gasteiger charge is 2.25. The lowest BCUT2D eigenvalue weighted by Crippen LogP contribution is -2.36. The third kappa shape index (κ3) is 6.28. The van der Waals surface area contributed by atoms with E-state index >= 15 is 0 Å². The number of hydrogen-bond donors (Lipinski definition) is 2. The molecule has 19 heavy (non-hydrogen) atoms. The van der Waals surface area contributed by atoms with Crippen molar-refractivity contribution in [3.8, 4) is 0 Å². The van der Waals surface area contributed by atoms with Gasteiger partial charge in [0.1, 0.15) is 5.60 Å². The summed E-state index contributed by atoms with van der Waals surface area (Å²) in [5.74, 6) is 1.98. The zero-order valence-corrected chi connectivity index (χ0v) is 12.9. The van der Waals surface area contributed by atoms with Gasteiger partial charge in [0.2, 0.25) is 0 Å². The quantitative estimate of drug-likeness (QED) is 0.825. The van der Waals surface area contributed by atoms with Crippen LogP contribution in [0.1, 0.15) is 53.4 Å². The normalized spacial score (nSPS) is 25.7. The lowest BCUT2D eigenvalue weighted by Gasteiger charge is -2.32. The van der Waals surface area contributed by atoms with Gasteiger partial charge in [0, 0.05) is 6.54 Å². The van der Waals surface area contributed by atoms with Gasteiger partial charge in [0.05, 0.1) is 0 Å². The van der Waals surface area contributed by atoms with Crippen LogP contribution in [0, 0.1) is 17.8 Å². The Bertz CT molecular complexity index is 278. The number of rotatable bonds is 4. The van der Waals surface area contributed by atoms with Crippen LogP contribution in [0.25, 0.3) is 0 Å². The molecule has 0 aromatic rings. The van der Waals surface area contributed by atoms with Gasteiger partial charge < -0.3 is 15.8 Å². The molecule has 0 spiro atoms. The molecule has 1 aliphatic rings. The monoisotopic (exact) mass is 270 g/mol. The number of carbonyl (C=O) groups excluding carboxylic acids is 1. The van der Waals surface area contributed by atoms with E-state index in [9.17, 15) is 4.79 Å². The molecule has 0 aliphatic heterocycles. The number of nitrogens with two attached hydrogens (primary N) is 1. The fourth-order valence-corrected chi connectivity index (χ4v) is 2.70. The Kier molecular flexibility index (Phi) is 6.11. The zero-order valence-electron chi connectivity index (χ0n) is 12.9. The van der Waals surface area contributed by atoms with Gasteiger partial charge in [0.15, 0.2) is 0 Å². The van der Waals surface area contributed by atoms with Gasteiger partial charge in [-0.3, -0.25) is 0 Å². The van der Waals surface area contributed by atoms with Gasteiger partial charge in [-0.15, -0.1) is 0 Å². The minimum atomic E-state index is -0.418. The summed E-state index contributed by atoms with van der Waals surface area (Å²) in [5.41, 5.74) is 5.30. The van der Waals surface area contributed by atoms with Crippen LogP contribution in [0.2, 0.25) is 0 Å². The Labute approximate surface area is 117 Å². The topological polar surface area (TPSA) is 64.3 Å². The van der Waals surface area contributed by atoms with Crippen molar-refractivity contribution in [2.75, 3.05) is 13.1 Å². The average molecular weight is 270 g/mol.